The molecule has 0 fully saturated rings. The van der Waals surface area contributed by atoms with E-state index in [9.17, 15) is 0 Å². The van der Waals surface area contributed by atoms with Crippen LogP contribution in [0.3, 0.4) is 0 Å². The molecule has 81 heavy (non-hydrogen) atoms. The zero-order valence-corrected chi connectivity index (χ0v) is 47.3. The fourth-order valence-electron chi connectivity index (χ4n) is 13.1. The Morgan fingerprint density at radius 2 is 1.14 bits per heavy atom. The van der Waals surface area contributed by atoms with Crippen LogP contribution >= 0.6 is 11.3 Å². The fourth-order valence-corrected chi connectivity index (χ4v) is 14.1. The third-order valence-corrected chi connectivity index (χ3v) is 17.6. The molecule has 1 atom stereocenters. The number of para-hydroxylation sites is 1. The average molecular weight is 1070 g/mol. The van der Waals surface area contributed by atoms with Crippen molar-refractivity contribution in [1.29, 1.82) is 0 Å². The van der Waals surface area contributed by atoms with E-state index in [0.717, 1.165) is 28.2 Å². The lowest BCUT2D eigenvalue weighted by molar-refractivity contribution is -0.688. The van der Waals surface area contributed by atoms with Gasteiger partial charge in [0.2, 0.25) is 17.4 Å². The van der Waals surface area contributed by atoms with E-state index in [4.69, 9.17) is 0 Å². The quantitative estimate of drug-likeness (QED) is 0.110. The number of nitrogens with zero attached hydrogens (tertiary/aromatic N) is 6. The Hall–Kier alpha value is -9.69. The van der Waals surface area contributed by atoms with Gasteiger partial charge in [-0.05, 0) is 141 Å². The number of aliphatic imine (C=N–C) groups is 1. The van der Waals surface area contributed by atoms with Gasteiger partial charge >= 0.3 is 0 Å². The molecule has 0 bridgehead atoms. The molecule has 0 saturated heterocycles. The highest BCUT2D eigenvalue weighted by Gasteiger charge is 2.47. The highest BCUT2D eigenvalue weighted by molar-refractivity contribution is 7.19. The third kappa shape index (κ3) is 8.10. The van der Waals surface area contributed by atoms with Crippen molar-refractivity contribution in [2.75, 3.05) is 4.90 Å². The summed E-state index contributed by atoms with van der Waals surface area (Å²) in [7, 11) is 2.15. The fraction of sp³-hybridized carbons (Fsp3) is 0.0946. The summed E-state index contributed by atoms with van der Waals surface area (Å²) in [5.74, 6) is 0. The van der Waals surface area contributed by atoms with Crippen LogP contribution in [0.1, 0.15) is 58.8 Å². The van der Waals surface area contributed by atoms with Gasteiger partial charge in [-0.15, -0.1) is 11.3 Å². The summed E-state index contributed by atoms with van der Waals surface area (Å²) in [6, 6.07) is 77.0. The Labute approximate surface area is 477 Å². The maximum Gasteiger partial charge on any atom is 0.215 e. The van der Waals surface area contributed by atoms with Crippen LogP contribution in [-0.4, -0.2) is 14.8 Å². The van der Waals surface area contributed by atoms with Crippen molar-refractivity contribution in [3.63, 3.8) is 0 Å². The summed E-state index contributed by atoms with van der Waals surface area (Å²) in [6.07, 6.45) is 4.41. The van der Waals surface area contributed by atoms with Crippen LogP contribution < -0.4 is 14.0 Å². The van der Waals surface area contributed by atoms with E-state index >= 15 is 0 Å². The first-order chi connectivity index (χ1) is 39.5. The zero-order chi connectivity index (χ0) is 55.2. The van der Waals surface area contributed by atoms with Gasteiger partial charge in [-0.25, -0.2) is 4.57 Å². The maximum absolute atomic E-state index is 4.54. The lowest BCUT2D eigenvalue weighted by Gasteiger charge is -2.34. The summed E-state index contributed by atoms with van der Waals surface area (Å²) >= 11 is 1.86. The van der Waals surface area contributed by atoms with Crippen LogP contribution in [0.25, 0.3) is 93.6 Å². The number of pyridine rings is 2. The predicted molar refractivity (Wildman–Crippen MR) is 341 cm³/mol. The standard InChI is InChI=1S/C58H45N5S.C16H15N/c1-34(2)61-47-20-8-7-15-39(47)43-32-44-42-31-38(23-24-48(42)63(52(44)33-51(43)61)57-36(4)29-35(3)30-37(57)5)53-25-26-54(64-53)62-49-21-13-16-40(45-18-9-11-27-59(45)6)55(49)58-56-41(17-14-22-50(56)62)46-19-10-12-28-60(46)58;1-13(15-9-5-3-6-10-15)17-14(2)16-11-7-4-8-12-16/h7-33,58H,1H2,2-6H3;3-12H,1H2,2H3/q+2;. The van der Waals surface area contributed by atoms with Crippen LogP contribution in [0.2, 0.25) is 0 Å². The number of hydrogen-bond donors (Lipinski definition) is 0. The van der Waals surface area contributed by atoms with Crippen molar-refractivity contribution < 1.29 is 9.13 Å². The molecule has 2 aliphatic heterocycles. The summed E-state index contributed by atoms with van der Waals surface area (Å²) < 4.78 is 9.55. The molecule has 0 aliphatic carbocycles. The number of rotatable bonds is 8. The molecule has 7 heterocycles. The second-order valence-corrected chi connectivity index (χ2v) is 22.8. The number of benzene rings is 8. The first kappa shape index (κ1) is 49.6. The molecule has 0 saturated carbocycles. The van der Waals surface area contributed by atoms with Crippen LogP contribution in [0.15, 0.2) is 243 Å². The Bertz CT molecular complexity index is 4740. The summed E-state index contributed by atoms with van der Waals surface area (Å²) in [5, 5.41) is 6.18. The highest BCUT2D eigenvalue weighted by atomic mass is 32.1. The lowest BCUT2D eigenvalue weighted by Crippen LogP contribution is -2.41. The van der Waals surface area contributed by atoms with Gasteiger partial charge in [0.15, 0.2) is 12.4 Å². The lowest BCUT2D eigenvalue weighted by atomic mass is 9.85. The molecule has 15 rings (SSSR count). The van der Waals surface area contributed by atoms with E-state index in [1.807, 2.05) is 66.8 Å². The molecule has 1 unspecified atom stereocenters. The third-order valence-electron chi connectivity index (χ3n) is 16.5. The normalized spacial score (nSPS) is 13.3. The van der Waals surface area contributed by atoms with E-state index in [-0.39, 0.29) is 6.04 Å². The molecule has 13 aromatic rings. The van der Waals surface area contributed by atoms with Crippen molar-refractivity contribution in [3.05, 3.63) is 277 Å². The van der Waals surface area contributed by atoms with E-state index in [1.165, 1.54) is 126 Å². The van der Waals surface area contributed by atoms with E-state index < -0.39 is 0 Å². The van der Waals surface area contributed by atoms with Crippen molar-refractivity contribution in [3.8, 4) is 38.6 Å². The van der Waals surface area contributed by atoms with Crippen LogP contribution in [0, 0.1) is 20.8 Å². The first-order valence-corrected chi connectivity index (χ1v) is 28.6. The number of hydrogen-bond acceptors (Lipinski definition) is 3. The Morgan fingerprint density at radius 3 is 1.84 bits per heavy atom. The average Bonchev–Trinajstić information content (AvgIpc) is 3.72. The van der Waals surface area contributed by atoms with Crippen molar-refractivity contribution >= 4 is 88.4 Å². The van der Waals surface area contributed by atoms with Crippen LogP contribution in [-0.2, 0) is 7.05 Å². The second-order valence-electron chi connectivity index (χ2n) is 21.7. The number of thiophene rings is 1. The van der Waals surface area contributed by atoms with E-state index in [2.05, 4.69) is 252 Å². The van der Waals surface area contributed by atoms with Crippen molar-refractivity contribution in [1.82, 2.24) is 9.13 Å². The smallest absolute Gasteiger partial charge is 0.215 e. The summed E-state index contributed by atoms with van der Waals surface area (Å²) in [5.41, 5.74) is 26.2. The van der Waals surface area contributed by atoms with Crippen LogP contribution in [0.4, 0.5) is 16.4 Å². The molecule has 8 aromatic carbocycles. The van der Waals surface area contributed by atoms with Gasteiger partial charge in [-0.2, -0.15) is 4.57 Å². The number of aromatic nitrogens is 4. The van der Waals surface area contributed by atoms with Gasteiger partial charge in [0.05, 0.1) is 67.1 Å². The van der Waals surface area contributed by atoms with Crippen molar-refractivity contribution in [2.45, 2.75) is 40.7 Å². The molecule has 7 heteroatoms. The van der Waals surface area contributed by atoms with E-state index in [1.54, 1.807) is 0 Å². The minimum absolute atomic E-state index is 0.0564. The van der Waals surface area contributed by atoms with Gasteiger partial charge in [0, 0.05) is 62.1 Å². The van der Waals surface area contributed by atoms with Gasteiger partial charge in [0.1, 0.15) is 12.0 Å². The monoisotopic (exact) mass is 1060 g/mol. The predicted octanol–water partition coefficient (Wildman–Crippen LogP) is 18.4. The molecular weight excluding hydrogens is 1000 g/mol. The zero-order valence-electron chi connectivity index (χ0n) is 46.4. The molecule has 0 radical (unpaired) electrons. The Morgan fingerprint density at radius 1 is 0.519 bits per heavy atom. The molecule has 6 nitrogen and oxygen atoms in total. The summed E-state index contributed by atoms with van der Waals surface area (Å²) in [4.78, 5) is 8.30. The summed E-state index contributed by atoms with van der Waals surface area (Å²) in [6.45, 7) is 19.2. The largest absolute Gasteiger partial charge is 0.314 e. The number of anilines is 3. The van der Waals surface area contributed by atoms with Gasteiger partial charge < -0.3 is 14.0 Å². The number of allylic oxidation sites excluding steroid dienone is 1. The minimum atomic E-state index is 0.0564. The van der Waals surface area contributed by atoms with Crippen LogP contribution in [0.5, 0.6) is 0 Å². The molecule has 390 valence electrons. The number of fused-ring (bicyclic) bond motifs is 11. The molecule has 5 aromatic heterocycles. The molecule has 2 aliphatic rings. The molecule has 0 amide bonds. The number of aryl methyl sites for hydroxylation is 4. The van der Waals surface area contributed by atoms with Gasteiger partial charge in [0.25, 0.3) is 0 Å². The second kappa shape index (κ2) is 19.6. The molecule has 0 N–H and O–H groups in total. The highest BCUT2D eigenvalue weighted by Crippen LogP contribution is 2.57. The van der Waals surface area contributed by atoms with Gasteiger partial charge in [-0.3, -0.25) is 4.99 Å². The SMILES string of the molecule is C=C(C)n1c2ccccc2c2cc3c4cc(-c5ccc(N6c7cccc(-c8cccc[n+]8C)c7C7c8c(cccc86)-c6cccc[n+]67)s5)ccc4n(-c4c(C)cc(C)cc4C)c3cc21.C=C(N=C(C)c1ccccc1)c1ccccc1. The maximum atomic E-state index is 4.54. The first-order valence-electron chi connectivity index (χ1n) is 27.7. The Balaban J connectivity index is 0.000000298. The topological polar surface area (TPSA) is 33.2 Å². The Kier molecular flexibility index (Phi) is 12.0. The minimum Gasteiger partial charge on any atom is -0.314 e. The molecular formula is C74H60N6S+2. The van der Waals surface area contributed by atoms with E-state index in [0.29, 0.717) is 0 Å². The molecule has 0 spiro atoms. The van der Waals surface area contributed by atoms with Gasteiger partial charge in [-0.1, -0.05) is 128 Å². The van der Waals surface area contributed by atoms with Crippen molar-refractivity contribution in [2.24, 2.45) is 12.0 Å².